The van der Waals surface area contributed by atoms with E-state index >= 15 is 0 Å². The van der Waals surface area contributed by atoms with Crippen LogP contribution in [0.5, 0.6) is 0 Å². The smallest absolute Gasteiger partial charge is 0.276 e. The van der Waals surface area contributed by atoms with Crippen molar-refractivity contribution in [3.63, 3.8) is 0 Å². The monoisotopic (exact) mass is 334 g/mol. The summed E-state index contributed by atoms with van der Waals surface area (Å²) in [7, 11) is -3.76. The number of hydrogen-bond acceptors (Lipinski definition) is 4. The molecule has 0 aliphatic heterocycles. The van der Waals surface area contributed by atoms with Crippen molar-refractivity contribution < 1.29 is 13.2 Å². The Morgan fingerprint density at radius 1 is 1.17 bits per heavy atom. The quantitative estimate of drug-likeness (QED) is 0.864. The third kappa shape index (κ3) is 2.23. The highest BCUT2D eigenvalue weighted by molar-refractivity contribution is 7.89. The van der Waals surface area contributed by atoms with Gasteiger partial charge in [0.25, 0.3) is 10.0 Å². The Kier molecular flexibility index (Phi) is 3.45. The lowest BCUT2D eigenvalue weighted by atomic mass is 9.70. The molecule has 2 bridgehead atoms. The van der Waals surface area contributed by atoms with Gasteiger partial charge < -0.3 is 0 Å². The number of nitrogens with zero attached hydrogens (tertiary/aromatic N) is 1. The summed E-state index contributed by atoms with van der Waals surface area (Å²) in [5, 5.41) is 4.05. The van der Waals surface area contributed by atoms with Crippen molar-refractivity contribution in [1.29, 1.82) is 0 Å². The van der Waals surface area contributed by atoms with Gasteiger partial charge in [-0.15, -0.1) is 0 Å². The van der Waals surface area contributed by atoms with Crippen LogP contribution in [-0.4, -0.2) is 19.9 Å². The summed E-state index contributed by atoms with van der Waals surface area (Å²) in [5.74, 6) is -0.0783. The normalized spacial score (nSPS) is 30.9. The van der Waals surface area contributed by atoms with E-state index in [4.69, 9.17) is 0 Å². The van der Waals surface area contributed by atoms with E-state index in [2.05, 4.69) is 23.8 Å². The first-order chi connectivity index (χ1) is 10.6. The van der Waals surface area contributed by atoms with E-state index in [1.54, 1.807) is 12.1 Å². The number of Topliss-reactive ketones (excluding diaryl/α,β-unsaturated/α-hetero) is 1. The summed E-state index contributed by atoms with van der Waals surface area (Å²) in [5.41, 5.74) is 0.796. The lowest BCUT2D eigenvalue weighted by molar-refractivity contribution is -0.117. The second-order valence-electron chi connectivity index (χ2n) is 7.38. The van der Waals surface area contributed by atoms with Crippen LogP contribution in [0.15, 0.2) is 34.3 Å². The Balaban J connectivity index is 1.92. The minimum Gasteiger partial charge on any atom is -0.292 e. The maximum Gasteiger partial charge on any atom is 0.276 e. The fourth-order valence-corrected chi connectivity index (χ4v) is 4.69. The summed E-state index contributed by atoms with van der Waals surface area (Å²) in [6, 6.07) is 6.53. The number of nitrogens with one attached hydrogen (secondary N) is 1. The molecule has 2 unspecified atom stereocenters. The number of rotatable bonds is 3. The van der Waals surface area contributed by atoms with Crippen LogP contribution in [0.3, 0.4) is 0 Å². The van der Waals surface area contributed by atoms with Crippen molar-refractivity contribution in [2.45, 2.75) is 45.4 Å². The molecule has 0 radical (unpaired) electrons. The summed E-state index contributed by atoms with van der Waals surface area (Å²) in [6.07, 6.45) is 1.72. The minimum absolute atomic E-state index is 0.0182. The molecule has 0 spiro atoms. The Morgan fingerprint density at radius 2 is 1.78 bits per heavy atom. The molecule has 23 heavy (non-hydrogen) atoms. The summed E-state index contributed by atoms with van der Waals surface area (Å²) >= 11 is 0. The highest BCUT2D eigenvalue weighted by Gasteiger charge is 2.65. The number of hydrazone groups is 1. The standard InChI is InChI=1S/C17H22N2O3S/c1-11-5-7-12(8-6-11)23(21,22)19-18-15-14(20)13-9-10-17(15,4)16(13,2)3/h5-8,13,19H,9-10H2,1-4H3. The topological polar surface area (TPSA) is 75.6 Å². The Bertz CT molecular complexity index is 794. The van der Waals surface area contributed by atoms with E-state index in [9.17, 15) is 13.2 Å². The Morgan fingerprint density at radius 3 is 2.30 bits per heavy atom. The number of carbonyl (C=O) groups excluding carboxylic acids is 1. The molecule has 0 amide bonds. The largest absolute Gasteiger partial charge is 0.292 e. The minimum atomic E-state index is -3.76. The van der Waals surface area contributed by atoms with Crippen LogP contribution in [0, 0.1) is 23.7 Å². The lowest BCUT2D eigenvalue weighted by Crippen LogP contribution is -2.36. The van der Waals surface area contributed by atoms with Crippen LogP contribution >= 0.6 is 0 Å². The van der Waals surface area contributed by atoms with E-state index < -0.39 is 10.0 Å². The van der Waals surface area contributed by atoms with E-state index in [0.717, 1.165) is 18.4 Å². The van der Waals surface area contributed by atoms with Crippen LogP contribution in [0.1, 0.15) is 39.2 Å². The van der Waals surface area contributed by atoms with Crippen molar-refractivity contribution in [3.05, 3.63) is 29.8 Å². The van der Waals surface area contributed by atoms with Crippen LogP contribution in [0.25, 0.3) is 0 Å². The van der Waals surface area contributed by atoms with Gasteiger partial charge in [-0.3, -0.25) is 4.79 Å². The molecular weight excluding hydrogens is 312 g/mol. The van der Waals surface area contributed by atoms with Crippen LogP contribution in [0.2, 0.25) is 0 Å². The zero-order valence-corrected chi connectivity index (χ0v) is 14.7. The van der Waals surface area contributed by atoms with Gasteiger partial charge >= 0.3 is 0 Å². The molecule has 6 heteroatoms. The molecule has 2 atom stereocenters. The molecule has 3 rings (SSSR count). The molecular formula is C17H22N2O3S. The number of aryl methyl sites for hydroxylation is 1. The van der Waals surface area contributed by atoms with E-state index in [1.807, 2.05) is 13.8 Å². The first-order valence-electron chi connectivity index (χ1n) is 7.80. The fourth-order valence-electron chi connectivity index (χ4n) is 3.87. The van der Waals surface area contributed by atoms with Gasteiger partial charge in [-0.2, -0.15) is 18.4 Å². The average Bonchev–Trinajstić information content (AvgIpc) is 2.77. The molecule has 2 aliphatic carbocycles. The Hall–Kier alpha value is -1.69. The lowest BCUT2D eigenvalue weighted by Gasteiger charge is -2.33. The van der Waals surface area contributed by atoms with Gasteiger partial charge in [0.15, 0.2) is 5.78 Å². The van der Waals surface area contributed by atoms with Crippen LogP contribution < -0.4 is 4.83 Å². The molecule has 0 saturated heterocycles. The number of carbonyl (C=O) groups is 1. The number of benzene rings is 1. The van der Waals surface area contributed by atoms with E-state index in [1.165, 1.54) is 12.1 Å². The van der Waals surface area contributed by atoms with Crippen molar-refractivity contribution in [2.24, 2.45) is 21.8 Å². The maximum absolute atomic E-state index is 12.5. The SMILES string of the molecule is Cc1ccc(S(=O)(=O)NN=C2C(=O)C3CCC2(C)C3(C)C)cc1. The predicted molar refractivity (Wildman–Crippen MR) is 88.6 cm³/mol. The van der Waals surface area contributed by atoms with Gasteiger partial charge in [0.2, 0.25) is 0 Å². The zero-order valence-electron chi connectivity index (χ0n) is 13.9. The Labute approximate surface area is 137 Å². The molecule has 1 aromatic carbocycles. The van der Waals surface area contributed by atoms with Gasteiger partial charge in [-0.05, 0) is 37.3 Å². The predicted octanol–water partition coefficient (Wildman–Crippen LogP) is 2.65. The number of fused-ring (bicyclic) bond motifs is 2. The van der Waals surface area contributed by atoms with Crippen molar-refractivity contribution >= 4 is 21.5 Å². The van der Waals surface area contributed by atoms with E-state index in [0.29, 0.717) is 5.71 Å². The van der Waals surface area contributed by atoms with Gasteiger partial charge in [-0.25, -0.2) is 0 Å². The summed E-state index contributed by atoms with van der Waals surface area (Å²) in [6.45, 7) is 8.04. The molecule has 2 saturated carbocycles. The fraction of sp³-hybridized carbons (Fsp3) is 0.529. The third-order valence-electron chi connectivity index (χ3n) is 5.91. The first-order valence-corrected chi connectivity index (χ1v) is 9.29. The zero-order chi connectivity index (χ0) is 17.0. The van der Waals surface area contributed by atoms with Gasteiger partial charge in [0.1, 0.15) is 5.71 Å². The summed E-state index contributed by atoms with van der Waals surface area (Å²) in [4.78, 5) is 14.9. The molecule has 2 fully saturated rings. The molecule has 2 aliphatic rings. The van der Waals surface area contributed by atoms with Crippen molar-refractivity contribution in [3.8, 4) is 0 Å². The van der Waals surface area contributed by atoms with Crippen molar-refractivity contribution in [2.75, 3.05) is 0 Å². The highest BCUT2D eigenvalue weighted by Crippen LogP contribution is 2.62. The molecule has 124 valence electrons. The maximum atomic E-state index is 12.5. The first kappa shape index (κ1) is 16.2. The number of hydrogen-bond donors (Lipinski definition) is 1. The molecule has 0 aromatic heterocycles. The molecule has 0 heterocycles. The van der Waals surface area contributed by atoms with E-state index in [-0.39, 0.29) is 27.4 Å². The molecule has 5 nitrogen and oxygen atoms in total. The van der Waals surface area contributed by atoms with Crippen LogP contribution in [0.4, 0.5) is 0 Å². The molecule has 1 N–H and O–H groups in total. The second kappa shape index (κ2) is 4.90. The third-order valence-corrected chi connectivity index (χ3v) is 7.13. The second-order valence-corrected chi connectivity index (χ2v) is 9.04. The average molecular weight is 334 g/mol. The number of sulfonamides is 1. The van der Waals surface area contributed by atoms with Gasteiger partial charge in [0.05, 0.1) is 4.90 Å². The summed E-state index contributed by atoms with van der Waals surface area (Å²) < 4.78 is 24.7. The van der Waals surface area contributed by atoms with Gasteiger partial charge in [0, 0.05) is 11.3 Å². The van der Waals surface area contributed by atoms with Crippen LogP contribution in [-0.2, 0) is 14.8 Å². The highest BCUT2D eigenvalue weighted by atomic mass is 32.2. The molecule has 1 aromatic rings. The number of ketones is 1. The van der Waals surface area contributed by atoms with Gasteiger partial charge in [-0.1, -0.05) is 38.5 Å². The van der Waals surface area contributed by atoms with Crippen molar-refractivity contribution in [1.82, 2.24) is 4.83 Å².